The van der Waals surface area contributed by atoms with E-state index >= 15 is 0 Å². The number of amides is 1. The van der Waals surface area contributed by atoms with Crippen LogP contribution in [0.3, 0.4) is 0 Å². The minimum atomic E-state index is -0.476. The molecule has 0 aliphatic heterocycles. The molecular formula is C15H23NO2. The van der Waals surface area contributed by atoms with Crippen molar-refractivity contribution in [1.29, 1.82) is 0 Å². The first-order valence-electron chi connectivity index (χ1n) is 6.29. The second kappa shape index (κ2) is 5.42. The zero-order chi connectivity index (χ0) is 13.9. The average molecular weight is 249 g/mol. The summed E-state index contributed by atoms with van der Waals surface area (Å²) in [6, 6.07) is 6.05. The molecule has 0 saturated heterocycles. The van der Waals surface area contributed by atoms with Gasteiger partial charge in [-0.05, 0) is 50.8 Å². The molecule has 0 heterocycles. The number of ether oxygens (including phenoxy) is 1. The molecule has 0 aliphatic rings. The van der Waals surface area contributed by atoms with Gasteiger partial charge in [-0.2, -0.15) is 0 Å². The number of carbonyl (C=O) groups is 1. The van der Waals surface area contributed by atoms with E-state index in [2.05, 4.69) is 25.2 Å². The minimum absolute atomic E-state index is 0.414. The Morgan fingerprint density at radius 1 is 1.28 bits per heavy atom. The van der Waals surface area contributed by atoms with Crippen LogP contribution in [0.25, 0.3) is 0 Å². The van der Waals surface area contributed by atoms with Gasteiger partial charge >= 0.3 is 6.09 Å². The molecule has 1 aromatic carbocycles. The van der Waals surface area contributed by atoms with Gasteiger partial charge in [-0.25, -0.2) is 4.79 Å². The Bertz CT molecular complexity index is 431. The molecule has 3 heteroatoms. The number of nitrogens with one attached hydrogen (secondary N) is 1. The molecule has 0 fully saturated rings. The van der Waals surface area contributed by atoms with Gasteiger partial charge in [-0.1, -0.05) is 26.0 Å². The maximum atomic E-state index is 11.7. The zero-order valence-electron chi connectivity index (χ0n) is 12.1. The van der Waals surface area contributed by atoms with Crippen molar-refractivity contribution in [2.45, 2.75) is 53.1 Å². The van der Waals surface area contributed by atoms with Gasteiger partial charge in [0.1, 0.15) is 5.60 Å². The van der Waals surface area contributed by atoms with Crippen LogP contribution in [0, 0.1) is 6.92 Å². The van der Waals surface area contributed by atoms with E-state index in [1.807, 2.05) is 39.8 Å². The maximum absolute atomic E-state index is 11.7. The highest BCUT2D eigenvalue weighted by Crippen LogP contribution is 2.22. The maximum Gasteiger partial charge on any atom is 0.412 e. The Morgan fingerprint density at radius 2 is 1.89 bits per heavy atom. The quantitative estimate of drug-likeness (QED) is 0.840. The number of benzene rings is 1. The molecule has 0 saturated carbocycles. The Balaban J connectivity index is 2.77. The predicted octanol–water partition coefficient (Wildman–Crippen LogP) is 4.47. The van der Waals surface area contributed by atoms with Gasteiger partial charge in [-0.15, -0.1) is 0 Å². The fourth-order valence-corrected chi connectivity index (χ4v) is 1.60. The highest BCUT2D eigenvalue weighted by molar-refractivity contribution is 5.85. The number of hydrogen-bond donors (Lipinski definition) is 1. The summed E-state index contributed by atoms with van der Waals surface area (Å²) in [6.45, 7) is 11.8. The highest BCUT2D eigenvalue weighted by atomic mass is 16.6. The van der Waals surface area contributed by atoms with Crippen molar-refractivity contribution < 1.29 is 9.53 Å². The number of carbonyl (C=O) groups excluding carboxylic acids is 1. The lowest BCUT2D eigenvalue weighted by molar-refractivity contribution is 0.0636. The molecule has 1 aromatic rings. The summed E-state index contributed by atoms with van der Waals surface area (Å²) in [6.07, 6.45) is -0.414. The summed E-state index contributed by atoms with van der Waals surface area (Å²) in [5.41, 5.74) is 2.64. The van der Waals surface area contributed by atoms with Crippen LogP contribution in [0.15, 0.2) is 18.2 Å². The van der Waals surface area contributed by atoms with Crippen LogP contribution in [0.4, 0.5) is 10.5 Å². The Kier molecular flexibility index (Phi) is 4.38. The highest BCUT2D eigenvalue weighted by Gasteiger charge is 2.16. The van der Waals surface area contributed by atoms with Crippen molar-refractivity contribution in [3.63, 3.8) is 0 Å². The van der Waals surface area contributed by atoms with Gasteiger partial charge in [0.15, 0.2) is 0 Å². The van der Waals surface area contributed by atoms with Crippen molar-refractivity contribution >= 4 is 11.8 Å². The average Bonchev–Trinajstić information content (AvgIpc) is 2.17. The number of anilines is 1. The topological polar surface area (TPSA) is 38.3 Å². The van der Waals surface area contributed by atoms with Crippen molar-refractivity contribution in [2.24, 2.45) is 0 Å². The molecule has 3 nitrogen and oxygen atoms in total. The van der Waals surface area contributed by atoms with Gasteiger partial charge in [0, 0.05) is 5.69 Å². The SMILES string of the molecule is Cc1cc(C(C)C)ccc1NC(=O)OC(C)(C)C. The molecule has 0 bridgehead atoms. The number of aryl methyl sites for hydroxylation is 1. The third kappa shape index (κ3) is 4.40. The minimum Gasteiger partial charge on any atom is -0.444 e. The smallest absolute Gasteiger partial charge is 0.412 e. The number of rotatable bonds is 2. The van der Waals surface area contributed by atoms with E-state index < -0.39 is 11.7 Å². The first-order chi connectivity index (χ1) is 8.19. The fourth-order valence-electron chi connectivity index (χ4n) is 1.60. The van der Waals surface area contributed by atoms with E-state index in [0.29, 0.717) is 5.92 Å². The van der Waals surface area contributed by atoms with Crippen molar-refractivity contribution in [2.75, 3.05) is 5.32 Å². The number of hydrogen-bond acceptors (Lipinski definition) is 2. The molecule has 1 N–H and O–H groups in total. The molecular weight excluding hydrogens is 226 g/mol. The molecule has 0 aromatic heterocycles. The first-order valence-corrected chi connectivity index (χ1v) is 6.29. The van der Waals surface area contributed by atoms with Crippen LogP contribution in [0.5, 0.6) is 0 Å². The summed E-state index contributed by atoms with van der Waals surface area (Å²) >= 11 is 0. The van der Waals surface area contributed by atoms with Crippen LogP contribution in [-0.2, 0) is 4.74 Å². The third-order valence-electron chi connectivity index (χ3n) is 2.55. The monoisotopic (exact) mass is 249 g/mol. The molecule has 0 aliphatic carbocycles. The normalized spacial score (nSPS) is 11.5. The summed E-state index contributed by atoms with van der Waals surface area (Å²) < 4.78 is 5.22. The second-order valence-corrected chi connectivity index (χ2v) is 5.86. The van der Waals surface area contributed by atoms with Gasteiger partial charge < -0.3 is 4.74 Å². The lowest BCUT2D eigenvalue weighted by atomic mass is 10.0. The van der Waals surface area contributed by atoms with E-state index in [-0.39, 0.29) is 0 Å². The van der Waals surface area contributed by atoms with Crippen LogP contribution in [0.1, 0.15) is 51.7 Å². The Labute approximate surface area is 110 Å². The Morgan fingerprint density at radius 3 is 2.33 bits per heavy atom. The molecule has 1 amide bonds. The van der Waals surface area contributed by atoms with E-state index in [1.165, 1.54) is 5.56 Å². The standard InChI is InChI=1S/C15H23NO2/c1-10(2)12-7-8-13(11(3)9-12)16-14(17)18-15(4,5)6/h7-10H,1-6H3,(H,16,17). The lowest BCUT2D eigenvalue weighted by Crippen LogP contribution is -2.27. The van der Waals surface area contributed by atoms with Crippen LogP contribution >= 0.6 is 0 Å². The summed E-state index contributed by atoms with van der Waals surface area (Å²) in [5, 5.41) is 2.77. The van der Waals surface area contributed by atoms with Gasteiger partial charge in [0.25, 0.3) is 0 Å². The molecule has 18 heavy (non-hydrogen) atoms. The van der Waals surface area contributed by atoms with Crippen molar-refractivity contribution in [3.05, 3.63) is 29.3 Å². The van der Waals surface area contributed by atoms with E-state index in [4.69, 9.17) is 4.74 Å². The zero-order valence-corrected chi connectivity index (χ0v) is 12.1. The van der Waals surface area contributed by atoms with Gasteiger partial charge in [0.2, 0.25) is 0 Å². The van der Waals surface area contributed by atoms with Crippen LogP contribution in [0.2, 0.25) is 0 Å². The van der Waals surface area contributed by atoms with E-state index in [0.717, 1.165) is 11.3 Å². The van der Waals surface area contributed by atoms with E-state index in [1.54, 1.807) is 0 Å². The Hall–Kier alpha value is -1.51. The third-order valence-corrected chi connectivity index (χ3v) is 2.55. The molecule has 0 radical (unpaired) electrons. The summed E-state index contributed by atoms with van der Waals surface area (Å²) in [7, 11) is 0. The molecule has 0 unspecified atom stereocenters. The molecule has 100 valence electrons. The fraction of sp³-hybridized carbons (Fsp3) is 0.533. The van der Waals surface area contributed by atoms with Gasteiger partial charge in [-0.3, -0.25) is 5.32 Å². The van der Waals surface area contributed by atoms with Crippen molar-refractivity contribution in [3.8, 4) is 0 Å². The first kappa shape index (κ1) is 14.6. The molecule has 1 rings (SSSR count). The predicted molar refractivity (Wildman–Crippen MR) is 75.1 cm³/mol. The molecule has 0 spiro atoms. The summed E-state index contributed by atoms with van der Waals surface area (Å²) in [5.74, 6) is 0.485. The van der Waals surface area contributed by atoms with Gasteiger partial charge in [0.05, 0.1) is 0 Å². The lowest BCUT2D eigenvalue weighted by Gasteiger charge is -2.20. The summed E-state index contributed by atoms with van der Waals surface area (Å²) in [4.78, 5) is 11.7. The van der Waals surface area contributed by atoms with Crippen molar-refractivity contribution in [1.82, 2.24) is 0 Å². The molecule has 0 atom stereocenters. The second-order valence-electron chi connectivity index (χ2n) is 5.86. The van der Waals surface area contributed by atoms with Crippen LogP contribution < -0.4 is 5.32 Å². The van der Waals surface area contributed by atoms with E-state index in [9.17, 15) is 4.79 Å². The van der Waals surface area contributed by atoms with Crippen LogP contribution in [-0.4, -0.2) is 11.7 Å². The largest absolute Gasteiger partial charge is 0.444 e.